The lowest BCUT2D eigenvalue weighted by molar-refractivity contribution is 0.0707. The van der Waals surface area contributed by atoms with Crippen molar-refractivity contribution in [2.45, 2.75) is 6.04 Å². The molecule has 0 aromatic heterocycles. The van der Waals surface area contributed by atoms with Crippen LogP contribution in [0.1, 0.15) is 11.6 Å². The van der Waals surface area contributed by atoms with Crippen LogP contribution in [0, 0.1) is 0 Å². The predicted molar refractivity (Wildman–Crippen MR) is 65.4 cm³/mol. The lowest BCUT2D eigenvalue weighted by Gasteiger charge is -2.11. The molecule has 1 aromatic rings. The van der Waals surface area contributed by atoms with E-state index in [1.54, 1.807) is 7.11 Å². The normalized spacial score (nSPS) is 17.8. The maximum Gasteiger partial charge on any atom is 0.124 e. The Morgan fingerprint density at radius 1 is 1.29 bits per heavy atom. The molecule has 1 aliphatic heterocycles. The highest BCUT2D eigenvalue weighted by Gasteiger charge is 2.22. The first-order valence-electron chi connectivity index (χ1n) is 5.93. The van der Waals surface area contributed by atoms with Gasteiger partial charge in [-0.15, -0.1) is 0 Å². The monoisotopic (exact) mass is 237 g/mol. The molecule has 0 saturated carbocycles. The zero-order valence-corrected chi connectivity index (χ0v) is 10.1. The van der Waals surface area contributed by atoms with Gasteiger partial charge in [-0.1, -0.05) is 18.2 Å². The minimum Gasteiger partial charge on any atom is -0.491 e. The standard InChI is InChI=1S/C13H19NO3/c1-15-8-9-16-7-6-14-12-10-17-13-5-3-2-4-11(12)13/h2-5,12,14H,6-10H2,1H3. The van der Waals surface area contributed by atoms with Crippen molar-refractivity contribution in [2.75, 3.05) is 40.1 Å². The molecule has 17 heavy (non-hydrogen) atoms. The van der Waals surface area contributed by atoms with Crippen LogP contribution >= 0.6 is 0 Å². The van der Waals surface area contributed by atoms with Gasteiger partial charge in [-0.3, -0.25) is 0 Å². The van der Waals surface area contributed by atoms with E-state index in [9.17, 15) is 0 Å². The molecule has 4 heteroatoms. The molecule has 0 saturated heterocycles. The fourth-order valence-electron chi connectivity index (χ4n) is 1.88. The minimum absolute atomic E-state index is 0.289. The topological polar surface area (TPSA) is 39.7 Å². The highest BCUT2D eigenvalue weighted by molar-refractivity contribution is 5.39. The number of hydrogen-bond acceptors (Lipinski definition) is 4. The van der Waals surface area contributed by atoms with E-state index in [0.29, 0.717) is 26.4 Å². The Labute approximate surface area is 102 Å². The molecular weight excluding hydrogens is 218 g/mol. The molecule has 0 radical (unpaired) electrons. The molecule has 2 rings (SSSR count). The van der Waals surface area contributed by atoms with Crippen molar-refractivity contribution in [3.8, 4) is 5.75 Å². The lowest BCUT2D eigenvalue weighted by Crippen LogP contribution is -2.26. The molecule has 4 nitrogen and oxygen atoms in total. The van der Waals surface area contributed by atoms with Crippen LogP contribution in [0.15, 0.2) is 24.3 Å². The Morgan fingerprint density at radius 2 is 2.18 bits per heavy atom. The Balaban J connectivity index is 1.68. The minimum atomic E-state index is 0.289. The summed E-state index contributed by atoms with van der Waals surface area (Å²) in [5.41, 5.74) is 1.24. The van der Waals surface area contributed by atoms with Crippen LogP contribution in [-0.2, 0) is 9.47 Å². The van der Waals surface area contributed by atoms with Crippen LogP contribution < -0.4 is 10.1 Å². The maximum atomic E-state index is 5.58. The average Bonchev–Trinajstić information content (AvgIpc) is 2.77. The number of rotatable bonds is 7. The van der Waals surface area contributed by atoms with Crippen LogP contribution in [0.25, 0.3) is 0 Å². The van der Waals surface area contributed by atoms with Gasteiger partial charge in [-0.25, -0.2) is 0 Å². The van der Waals surface area contributed by atoms with Gasteiger partial charge in [0, 0.05) is 19.2 Å². The number of para-hydroxylation sites is 1. The van der Waals surface area contributed by atoms with Crippen molar-refractivity contribution in [3.63, 3.8) is 0 Å². The first-order chi connectivity index (χ1) is 8.42. The molecule has 94 valence electrons. The van der Waals surface area contributed by atoms with Crippen molar-refractivity contribution < 1.29 is 14.2 Å². The van der Waals surface area contributed by atoms with E-state index in [1.807, 2.05) is 18.2 Å². The third-order valence-electron chi connectivity index (χ3n) is 2.77. The smallest absolute Gasteiger partial charge is 0.124 e. The molecule has 1 aromatic carbocycles. The third-order valence-corrected chi connectivity index (χ3v) is 2.77. The van der Waals surface area contributed by atoms with Crippen LogP contribution in [0.2, 0.25) is 0 Å². The van der Waals surface area contributed by atoms with Crippen LogP contribution in [0.5, 0.6) is 5.75 Å². The summed E-state index contributed by atoms with van der Waals surface area (Å²) in [7, 11) is 1.68. The SMILES string of the molecule is COCCOCCNC1COc2ccccc21. The Morgan fingerprint density at radius 3 is 3.06 bits per heavy atom. The van der Waals surface area contributed by atoms with E-state index in [4.69, 9.17) is 14.2 Å². The molecule has 0 fully saturated rings. The average molecular weight is 237 g/mol. The summed E-state index contributed by atoms with van der Waals surface area (Å²) in [6, 6.07) is 8.43. The third kappa shape index (κ3) is 3.43. The molecule has 0 bridgehead atoms. The van der Waals surface area contributed by atoms with Gasteiger partial charge in [0.2, 0.25) is 0 Å². The summed E-state index contributed by atoms with van der Waals surface area (Å²) in [5.74, 6) is 0.991. The van der Waals surface area contributed by atoms with E-state index >= 15 is 0 Å². The number of hydrogen-bond donors (Lipinski definition) is 1. The number of nitrogens with one attached hydrogen (secondary N) is 1. The molecule has 1 atom stereocenters. The van der Waals surface area contributed by atoms with Gasteiger partial charge in [0.05, 0.1) is 25.9 Å². The van der Waals surface area contributed by atoms with Crippen LogP contribution in [-0.4, -0.2) is 40.1 Å². The van der Waals surface area contributed by atoms with E-state index in [1.165, 1.54) is 5.56 Å². The van der Waals surface area contributed by atoms with Gasteiger partial charge in [-0.05, 0) is 6.07 Å². The number of fused-ring (bicyclic) bond motifs is 1. The summed E-state index contributed by atoms with van der Waals surface area (Å²) in [5, 5.41) is 3.42. The fraction of sp³-hybridized carbons (Fsp3) is 0.538. The summed E-state index contributed by atoms with van der Waals surface area (Å²) < 4.78 is 15.9. The summed E-state index contributed by atoms with van der Waals surface area (Å²) in [6.07, 6.45) is 0. The van der Waals surface area contributed by atoms with Gasteiger partial charge in [0.15, 0.2) is 0 Å². The molecular formula is C13H19NO3. The first kappa shape index (κ1) is 12.4. The van der Waals surface area contributed by atoms with E-state index in [2.05, 4.69) is 11.4 Å². The number of ether oxygens (including phenoxy) is 3. The number of methoxy groups -OCH3 is 1. The van der Waals surface area contributed by atoms with E-state index in [0.717, 1.165) is 12.3 Å². The van der Waals surface area contributed by atoms with E-state index < -0.39 is 0 Å². The fourth-order valence-corrected chi connectivity index (χ4v) is 1.88. The molecule has 0 amide bonds. The molecule has 0 spiro atoms. The summed E-state index contributed by atoms with van der Waals surface area (Å²) in [6.45, 7) is 3.52. The molecule has 1 N–H and O–H groups in total. The lowest BCUT2D eigenvalue weighted by atomic mass is 10.1. The van der Waals surface area contributed by atoms with Gasteiger partial charge < -0.3 is 19.5 Å². The summed E-state index contributed by atoms with van der Waals surface area (Å²) >= 11 is 0. The number of benzene rings is 1. The molecule has 1 heterocycles. The summed E-state index contributed by atoms with van der Waals surface area (Å²) in [4.78, 5) is 0. The molecule has 1 aliphatic rings. The van der Waals surface area contributed by atoms with Gasteiger partial charge >= 0.3 is 0 Å². The van der Waals surface area contributed by atoms with Crippen molar-refractivity contribution in [1.29, 1.82) is 0 Å². The van der Waals surface area contributed by atoms with Gasteiger partial charge in [-0.2, -0.15) is 0 Å². The highest BCUT2D eigenvalue weighted by atomic mass is 16.5. The second kappa shape index (κ2) is 6.59. The quantitative estimate of drug-likeness (QED) is 0.727. The largest absolute Gasteiger partial charge is 0.491 e. The van der Waals surface area contributed by atoms with E-state index in [-0.39, 0.29) is 6.04 Å². The second-order valence-electron chi connectivity index (χ2n) is 3.96. The van der Waals surface area contributed by atoms with Crippen molar-refractivity contribution in [1.82, 2.24) is 5.32 Å². The van der Waals surface area contributed by atoms with Gasteiger partial charge in [0.25, 0.3) is 0 Å². The van der Waals surface area contributed by atoms with Gasteiger partial charge in [0.1, 0.15) is 12.4 Å². The van der Waals surface area contributed by atoms with Crippen LogP contribution in [0.4, 0.5) is 0 Å². The zero-order chi connectivity index (χ0) is 11.9. The Bertz CT molecular complexity index is 343. The maximum absolute atomic E-state index is 5.58. The van der Waals surface area contributed by atoms with Crippen molar-refractivity contribution in [3.05, 3.63) is 29.8 Å². The highest BCUT2D eigenvalue weighted by Crippen LogP contribution is 2.31. The molecule has 1 unspecified atom stereocenters. The van der Waals surface area contributed by atoms with Crippen molar-refractivity contribution in [2.24, 2.45) is 0 Å². The predicted octanol–water partition coefficient (Wildman–Crippen LogP) is 1.37. The molecule has 0 aliphatic carbocycles. The first-order valence-corrected chi connectivity index (χ1v) is 5.93. The second-order valence-corrected chi connectivity index (χ2v) is 3.96. The zero-order valence-electron chi connectivity index (χ0n) is 10.1. The Kier molecular flexibility index (Phi) is 4.79. The van der Waals surface area contributed by atoms with Crippen molar-refractivity contribution >= 4 is 0 Å². The Hall–Kier alpha value is -1.10. The van der Waals surface area contributed by atoms with Crippen LogP contribution in [0.3, 0.4) is 0 Å².